The summed E-state index contributed by atoms with van der Waals surface area (Å²) in [4.78, 5) is 11.1. The predicted molar refractivity (Wildman–Crippen MR) is 114 cm³/mol. The SMILES string of the molecule is FC(F)(F)c1ccc(N2CCN(C3CCN(CCOc4ccccc4)CC3)CC2)nc1. The van der Waals surface area contributed by atoms with E-state index >= 15 is 0 Å². The van der Waals surface area contributed by atoms with Gasteiger partial charge in [-0.15, -0.1) is 0 Å². The van der Waals surface area contributed by atoms with E-state index in [0.29, 0.717) is 18.5 Å². The van der Waals surface area contributed by atoms with Crippen LogP contribution in [0, 0.1) is 0 Å². The zero-order valence-corrected chi connectivity index (χ0v) is 17.6. The molecule has 4 rings (SSSR count). The van der Waals surface area contributed by atoms with Gasteiger partial charge in [0.15, 0.2) is 0 Å². The largest absolute Gasteiger partial charge is 0.492 e. The maximum atomic E-state index is 12.7. The number of benzene rings is 1. The van der Waals surface area contributed by atoms with E-state index in [0.717, 1.165) is 76.7 Å². The quantitative estimate of drug-likeness (QED) is 0.691. The predicted octanol–water partition coefficient (Wildman–Crippen LogP) is 3.77. The molecule has 0 atom stereocenters. The summed E-state index contributed by atoms with van der Waals surface area (Å²) < 4.78 is 44.0. The van der Waals surface area contributed by atoms with E-state index in [9.17, 15) is 13.2 Å². The van der Waals surface area contributed by atoms with Crippen LogP contribution in [0.15, 0.2) is 48.7 Å². The summed E-state index contributed by atoms with van der Waals surface area (Å²) in [6.45, 7) is 7.22. The molecule has 168 valence electrons. The van der Waals surface area contributed by atoms with Crippen molar-refractivity contribution >= 4 is 5.82 Å². The molecule has 0 radical (unpaired) electrons. The van der Waals surface area contributed by atoms with Crippen LogP contribution in [0.25, 0.3) is 0 Å². The van der Waals surface area contributed by atoms with Crippen molar-refractivity contribution in [3.05, 3.63) is 54.2 Å². The molecular formula is C23H29F3N4O. The van der Waals surface area contributed by atoms with Crippen molar-refractivity contribution in [2.75, 3.05) is 57.3 Å². The molecule has 31 heavy (non-hydrogen) atoms. The number of halogens is 3. The fourth-order valence-corrected chi connectivity index (χ4v) is 4.37. The lowest BCUT2D eigenvalue weighted by Gasteiger charge is -2.43. The number of ether oxygens (including phenoxy) is 1. The third-order valence-corrected chi connectivity index (χ3v) is 6.21. The molecule has 0 bridgehead atoms. The minimum absolute atomic E-state index is 0.578. The third-order valence-electron chi connectivity index (χ3n) is 6.21. The van der Waals surface area contributed by atoms with E-state index in [-0.39, 0.29) is 0 Å². The van der Waals surface area contributed by atoms with Gasteiger partial charge < -0.3 is 9.64 Å². The number of hydrogen-bond acceptors (Lipinski definition) is 5. The Bertz CT molecular complexity index is 800. The molecule has 3 heterocycles. The highest BCUT2D eigenvalue weighted by molar-refractivity contribution is 5.40. The van der Waals surface area contributed by atoms with Crippen LogP contribution in [0.4, 0.5) is 19.0 Å². The van der Waals surface area contributed by atoms with E-state index in [2.05, 4.69) is 19.7 Å². The van der Waals surface area contributed by atoms with E-state index in [1.165, 1.54) is 6.07 Å². The third kappa shape index (κ3) is 5.89. The summed E-state index contributed by atoms with van der Waals surface area (Å²) >= 11 is 0. The fraction of sp³-hybridized carbons (Fsp3) is 0.522. The molecule has 1 aromatic carbocycles. The second-order valence-electron chi connectivity index (χ2n) is 8.16. The van der Waals surface area contributed by atoms with Crippen LogP contribution in [0.5, 0.6) is 5.75 Å². The van der Waals surface area contributed by atoms with Gasteiger partial charge in [0.05, 0.1) is 5.56 Å². The first-order chi connectivity index (χ1) is 15.0. The number of nitrogens with zero attached hydrogens (tertiary/aromatic N) is 4. The van der Waals surface area contributed by atoms with Crippen LogP contribution >= 0.6 is 0 Å². The van der Waals surface area contributed by atoms with Gasteiger partial charge in [-0.05, 0) is 50.2 Å². The molecule has 0 unspecified atom stereocenters. The number of piperidine rings is 1. The highest BCUT2D eigenvalue weighted by Gasteiger charge is 2.31. The number of likely N-dealkylation sites (tertiary alicyclic amines) is 1. The smallest absolute Gasteiger partial charge is 0.417 e. The number of para-hydroxylation sites is 1. The van der Waals surface area contributed by atoms with Crippen LogP contribution in [-0.4, -0.2) is 73.2 Å². The van der Waals surface area contributed by atoms with Crippen LogP contribution in [0.3, 0.4) is 0 Å². The zero-order chi connectivity index (χ0) is 21.7. The molecule has 0 aliphatic carbocycles. The average molecular weight is 435 g/mol. The molecule has 5 nitrogen and oxygen atoms in total. The number of pyridine rings is 1. The Balaban J connectivity index is 1.17. The summed E-state index contributed by atoms with van der Waals surface area (Å²) in [5.74, 6) is 1.54. The zero-order valence-electron chi connectivity index (χ0n) is 17.6. The topological polar surface area (TPSA) is 31.8 Å². The van der Waals surface area contributed by atoms with Crippen molar-refractivity contribution in [2.24, 2.45) is 0 Å². The molecule has 2 aliphatic heterocycles. The van der Waals surface area contributed by atoms with Gasteiger partial charge in [0.1, 0.15) is 18.2 Å². The molecule has 1 aromatic heterocycles. The summed E-state index contributed by atoms with van der Waals surface area (Å²) in [6, 6.07) is 13.1. The average Bonchev–Trinajstić information content (AvgIpc) is 2.80. The minimum atomic E-state index is -4.34. The summed E-state index contributed by atoms with van der Waals surface area (Å²) in [5.41, 5.74) is -0.698. The van der Waals surface area contributed by atoms with Crippen LogP contribution in [0.1, 0.15) is 18.4 Å². The summed E-state index contributed by atoms with van der Waals surface area (Å²) in [7, 11) is 0. The van der Waals surface area contributed by atoms with Gasteiger partial charge in [-0.2, -0.15) is 13.2 Å². The lowest BCUT2D eigenvalue weighted by atomic mass is 10.0. The van der Waals surface area contributed by atoms with E-state index in [1.807, 2.05) is 30.3 Å². The van der Waals surface area contributed by atoms with Gasteiger partial charge in [0, 0.05) is 45.0 Å². The van der Waals surface area contributed by atoms with Crippen molar-refractivity contribution in [1.82, 2.24) is 14.8 Å². The molecule has 0 saturated carbocycles. The monoisotopic (exact) mass is 434 g/mol. The first kappa shape index (κ1) is 21.9. The normalized spacial score (nSPS) is 19.5. The van der Waals surface area contributed by atoms with E-state index in [1.54, 1.807) is 0 Å². The number of piperazine rings is 1. The number of aromatic nitrogens is 1. The highest BCUT2D eigenvalue weighted by atomic mass is 19.4. The van der Waals surface area contributed by atoms with Crippen LogP contribution in [0.2, 0.25) is 0 Å². The molecule has 2 saturated heterocycles. The Hall–Kier alpha value is -2.32. The van der Waals surface area contributed by atoms with Crippen LogP contribution < -0.4 is 9.64 Å². The highest BCUT2D eigenvalue weighted by Crippen LogP contribution is 2.29. The lowest BCUT2D eigenvalue weighted by molar-refractivity contribution is -0.137. The van der Waals surface area contributed by atoms with Crippen molar-refractivity contribution < 1.29 is 17.9 Å². The van der Waals surface area contributed by atoms with Crippen molar-refractivity contribution in [3.8, 4) is 5.75 Å². The number of hydrogen-bond donors (Lipinski definition) is 0. The molecule has 2 fully saturated rings. The molecule has 8 heteroatoms. The molecule has 0 N–H and O–H groups in total. The maximum absolute atomic E-state index is 12.7. The van der Waals surface area contributed by atoms with Gasteiger partial charge in [-0.3, -0.25) is 9.80 Å². The van der Waals surface area contributed by atoms with Crippen molar-refractivity contribution in [2.45, 2.75) is 25.1 Å². The van der Waals surface area contributed by atoms with Crippen molar-refractivity contribution in [3.63, 3.8) is 0 Å². The Morgan fingerprint density at radius 2 is 1.61 bits per heavy atom. The number of alkyl halides is 3. The first-order valence-electron chi connectivity index (χ1n) is 10.9. The van der Waals surface area contributed by atoms with Gasteiger partial charge in [-0.25, -0.2) is 4.98 Å². The Morgan fingerprint density at radius 3 is 2.23 bits per heavy atom. The van der Waals surface area contributed by atoms with E-state index in [4.69, 9.17) is 4.74 Å². The molecule has 2 aliphatic rings. The minimum Gasteiger partial charge on any atom is -0.492 e. The van der Waals surface area contributed by atoms with Crippen LogP contribution in [-0.2, 0) is 6.18 Å². The van der Waals surface area contributed by atoms with E-state index < -0.39 is 11.7 Å². The molecule has 0 amide bonds. The second kappa shape index (κ2) is 9.87. The molecule has 0 spiro atoms. The first-order valence-corrected chi connectivity index (χ1v) is 10.9. The number of anilines is 1. The standard InChI is InChI=1S/C23H29F3N4O/c24-23(25,26)19-6-7-22(27-18-19)30-14-12-29(13-15-30)20-8-10-28(11-9-20)16-17-31-21-4-2-1-3-5-21/h1-7,18,20H,8-17H2. The van der Waals surface area contributed by atoms with Gasteiger partial charge in [0.2, 0.25) is 0 Å². The fourth-order valence-electron chi connectivity index (χ4n) is 4.37. The summed E-state index contributed by atoms with van der Waals surface area (Å²) in [5, 5.41) is 0. The second-order valence-corrected chi connectivity index (χ2v) is 8.16. The Labute approximate surface area is 181 Å². The Kier molecular flexibility index (Phi) is 6.97. The van der Waals surface area contributed by atoms with Gasteiger partial charge >= 0.3 is 6.18 Å². The Morgan fingerprint density at radius 1 is 0.903 bits per heavy atom. The lowest BCUT2D eigenvalue weighted by Crippen LogP contribution is -2.53. The van der Waals surface area contributed by atoms with Gasteiger partial charge in [-0.1, -0.05) is 18.2 Å². The van der Waals surface area contributed by atoms with Crippen molar-refractivity contribution in [1.29, 1.82) is 0 Å². The molecule has 2 aromatic rings. The maximum Gasteiger partial charge on any atom is 0.417 e. The molecular weight excluding hydrogens is 405 g/mol. The number of rotatable bonds is 6. The summed E-state index contributed by atoms with van der Waals surface area (Å²) in [6.07, 6.45) is -1.13. The van der Waals surface area contributed by atoms with Gasteiger partial charge in [0.25, 0.3) is 0 Å².